The van der Waals surface area contributed by atoms with Crippen LogP contribution in [0.15, 0.2) is 35.3 Å². The van der Waals surface area contributed by atoms with Crippen LogP contribution in [-0.2, 0) is 13.1 Å². The molecule has 1 aliphatic rings. The maximum absolute atomic E-state index is 15.6. The Morgan fingerprint density at radius 1 is 1.21 bits per heavy atom. The quantitative estimate of drug-likeness (QED) is 0.418. The number of alkyl halides is 3. The second-order valence-electron chi connectivity index (χ2n) is 9.88. The van der Waals surface area contributed by atoms with Crippen LogP contribution in [0.2, 0.25) is 5.02 Å². The number of pyridine rings is 1. The van der Waals surface area contributed by atoms with Gasteiger partial charge in [0.05, 0.1) is 18.0 Å². The second-order valence-corrected chi connectivity index (χ2v) is 10.3. The molecule has 1 saturated heterocycles. The van der Waals surface area contributed by atoms with Gasteiger partial charge in [0.1, 0.15) is 17.8 Å². The van der Waals surface area contributed by atoms with Crippen molar-refractivity contribution >= 4 is 34.1 Å². The summed E-state index contributed by atoms with van der Waals surface area (Å²) in [6.45, 7) is 4.83. The standard InChI is InChI=1S/C27H29ClF4N4O3/c1-14-7-18(28)6-5-17(14)9-33-26(38)20-12-36(13-27(30,31)32)22-19(24(20)37)8-21(29)23(25(22)39-4)35-10-15(2)34-16(3)11-35/h5-8,12,15-16,34H,9-11,13H2,1-4H3,(H,33,38)/t15-,16+. The van der Waals surface area contributed by atoms with Crippen molar-refractivity contribution in [1.29, 1.82) is 0 Å². The molecule has 1 aromatic heterocycles. The molecule has 0 bridgehead atoms. The number of carbonyl (C=O) groups is 1. The van der Waals surface area contributed by atoms with E-state index >= 15 is 4.39 Å². The van der Waals surface area contributed by atoms with Crippen molar-refractivity contribution in [3.05, 3.63) is 68.2 Å². The molecule has 39 heavy (non-hydrogen) atoms. The van der Waals surface area contributed by atoms with E-state index in [9.17, 15) is 22.8 Å². The zero-order chi connectivity index (χ0) is 28.6. The van der Waals surface area contributed by atoms with Gasteiger partial charge in [0.15, 0.2) is 11.6 Å². The molecule has 1 amide bonds. The highest BCUT2D eigenvalue weighted by molar-refractivity contribution is 6.30. The highest BCUT2D eigenvalue weighted by Gasteiger charge is 2.33. The predicted octanol–water partition coefficient (Wildman–Crippen LogP) is 4.79. The third-order valence-electron chi connectivity index (χ3n) is 6.66. The molecule has 12 heteroatoms. The lowest BCUT2D eigenvalue weighted by atomic mass is 10.0. The van der Waals surface area contributed by atoms with Crippen molar-refractivity contribution in [3.63, 3.8) is 0 Å². The maximum Gasteiger partial charge on any atom is 0.406 e. The van der Waals surface area contributed by atoms with E-state index < -0.39 is 35.4 Å². The largest absolute Gasteiger partial charge is 0.492 e. The number of aryl methyl sites for hydroxylation is 1. The van der Waals surface area contributed by atoms with E-state index in [1.165, 1.54) is 7.11 Å². The molecule has 2 atom stereocenters. The van der Waals surface area contributed by atoms with Crippen molar-refractivity contribution in [2.45, 2.75) is 52.1 Å². The average molecular weight is 569 g/mol. The number of fused-ring (bicyclic) bond motifs is 1. The second kappa shape index (κ2) is 11.1. The van der Waals surface area contributed by atoms with Crippen molar-refractivity contribution < 1.29 is 27.1 Å². The van der Waals surface area contributed by atoms with Crippen LogP contribution in [0.1, 0.15) is 35.3 Å². The molecule has 0 unspecified atom stereocenters. The number of anilines is 1. The van der Waals surface area contributed by atoms with Gasteiger partial charge in [-0.1, -0.05) is 17.7 Å². The summed E-state index contributed by atoms with van der Waals surface area (Å²) < 4.78 is 62.8. The van der Waals surface area contributed by atoms with Gasteiger partial charge in [0.2, 0.25) is 5.43 Å². The van der Waals surface area contributed by atoms with Gasteiger partial charge in [-0.25, -0.2) is 4.39 Å². The third kappa shape index (κ3) is 6.14. The number of hydrogen-bond acceptors (Lipinski definition) is 5. The van der Waals surface area contributed by atoms with Crippen LogP contribution >= 0.6 is 11.6 Å². The Hall–Kier alpha value is -3.31. The molecule has 2 heterocycles. The minimum Gasteiger partial charge on any atom is -0.492 e. The summed E-state index contributed by atoms with van der Waals surface area (Å²) in [6, 6.07) is 5.86. The number of benzene rings is 2. The van der Waals surface area contributed by atoms with Gasteiger partial charge in [0, 0.05) is 42.9 Å². The number of rotatable bonds is 6. The number of ether oxygens (including phenoxy) is 1. The third-order valence-corrected chi connectivity index (χ3v) is 6.90. The summed E-state index contributed by atoms with van der Waals surface area (Å²) in [5.74, 6) is -1.91. The Kier molecular flexibility index (Phi) is 8.13. The molecule has 0 radical (unpaired) electrons. The van der Waals surface area contributed by atoms with Crippen LogP contribution < -0.4 is 25.7 Å². The summed E-state index contributed by atoms with van der Waals surface area (Å²) in [6.07, 6.45) is -3.84. The number of carbonyl (C=O) groups excluding carboxylic acids is 1. The van der Waals surface area contributed by atoms with Crippen molar-refractivity contribution in [1.82, 2.24) is 15.2 Å². The number of piperazine rings is 1. The lowest BCUT2D eigenvalue weighted by Crippen LogP contribution is -2.54. The van der Waals surface area contributed by atoms with E-state index in [1.54, 1.807) is 30.0 Å². The number of aromatic nitrogens is 1. The van der Waals surface area contributed by atoms with E-state index in [4.69, 9.17) is 16.3 Å². The summed E-state index contributed by atoms with van der Waals surface area (Å²) in [5, 5.41) is 6.01. The first-order valence-electron chi connectivity index (χ1n) is 12.3. The van der Waals surface area contributed by atoms with E-state index in [0.717, 1.165) is 22.4 Å². The zero-order valence-electron chi connectivity index (χ0n) is 21.9. The molecule has 7 nitrogen and oxygen atoms in total. The number of nitrogens with one attached hydrogen (secondary N) is 2. The molecule has 210 valence electrons. The molecule has 3 aromatic rings. The smallest absolute Gasteiger partial charge is 0.406 e. The first-order chi connectivity index (χ1) is 18.3. The fraction of sp³-hybridized carbons (Fsp3) is 0.407. The Morgan fingerprint density at radius 3 is 2.46 bits per heavy atom. The molecule has 0 spiro atoms. The summed E-state index contributed by atoms with van der Waals surface area (Å²) in [4.78, 5) is 28.1. The Bertz CT molecular complexity index is 1460. The average Bonchev–Trinajstić information content (AvgIpc) is 2.82. The van der Waals surface area contributed by atoms with Gasteiger partial charge in [-0.05, 0) is 50.1 Å². The topological polar surface area (TPSA) is 75.6 Å². The summed E-state index contributed by atoms with van der Waals surface area (Å²) in [7, 11) is 1.21. The summed E-state index contributed by atoms with van der Waals surface area (Å²) >= 11 is 5.96. The maximum atomic E-state index is 15.6. The van der Waals surface area contributed by atoms with Crippen molar-refractivity contribution in [3.8, 4) is 5.75 Å². The molecule has 1 fully saturated rings. The molecule has 2 aromatic carbocycles. The van der Waals surface area contributed by atoms with Crippen LogP contribution in [0.4, 0.5) is 23.2 Å². The van der Waals surface area contributed by atoms with Gasteiger partial charge in [0.25, 0.3) is 5.91 Å². The minimum absolute atomic E-state index is 0.00850. The number of nitrogens with zero attached hydrogens (tertiary/aromatic N) is 2. The molecular weight excluding hydrogens is 540 g/mol. The lowest BCUT2D eigenvalue weighted by molar-refractivity contribution is -0.140. The molecule has 0 saturated carbocycles. The fourth-order valence-corrected chi connectivity index (χ4v) is 5.32. The van der Waals surface area contributed by atoms with Crippen LogP contribution in [-0.4, -0.2) is 48.9 Å². The molecule has 4 rings (SSSR count). The highest BCUT2D eigenvalue weighted by atomic mass is 35.5. The van der Waals surface area contributed by atoms with Crippen LogP contribution in [0, 0.1) is 12.7 Å². The molecule has 2 N–H and O–H groups in total. The minimum atomic E-state index is -4.70. The van der Waals surface area contributed by atoms with E-state index in [0.29, 0.717) is 23.7 Å². The van der Waals surface area contributed by atoms with Gasteiger partial charge >= 0.3 is 6.18 Å². The number of methoxy groups -OCH3 is 1. The van der Waals surface area contributed by atoms with E-state index in [-0.39, 0.29) is 41.0 Å². The SMILES string of the molecule is COc1c(N2C[C@@H](C)N[C@@H](C)C2)c(F)cc2c(=O)c(C(=O)NCc3ccc(Cl)cc3C)cn(CC(F)(F)F)c12. The molecule has 1 aliphatic heterocycles. The zero-order valence-corrected chi connectivity index (χ0v) is 22.6. The molecule has 0 aliphatic carbocycles. The van der Waals surface area contributed by atoms with Crippen molar-refractivity contribution in [2.24, 2.45) is 0 Å². The number of hydrogen-bond donors (Lipinski definition) is 2. The normalized spacial score (nSPS) is 17.9. The van der Waals surface area contributed by atoms with Crippen molar-refractivity contribution in [2.75, 3.05) is 25.1 Å². The first kappa shape index (κ1) is 28.7. The Labute approximate surface area is 227 Å². The van der Waals surface area contributed by atoms with Gasteiger partial charge < -0.3 is 24.8 Å². The van der Waals surface area contributed by atoms with E-state index in [2.05, 4.69) is 10.6 Å². The Balaban J connectivity index is 1.85. The monoisotopic (exact) mass is 568 g/mol. The highest BCUT2D eigenvalue weighted by Crippen LogP contribution is 2.39. The van der Waals surface area contributed by atoms with E-state index in [1.807, 2.05) is 13.8 Å². The van der Waals surface area contributed by atoms with Crippen LogP contribution in [0.25, 0.3) is 10.9 Å². The van der Waals surface area contributed by atoms with Gasteiger partial charge in [-0.15, -0.1) is 0 Å². The van der Waals surface area contributed by atoms with Crippen LogP contribution in [0.3, 0.4) is 0 Å². The number of amides is 1. The first-order valence-corrected chi connectivity index (χ1v) is 12.7. The predicted molar refractivity (Wildman–Crippen MR) is 142 cm³/mol. The Morgan fingerprint density at radius 2 is 1.87 bits per heavy atom. The number of halogens is 5. The fourth-order valence-electron chi connectivity index (χ4n) is 5.09. The van der Waals surface area contributed by atoms with Gasteiger partial charge in [-0.3, -0.25) is 9.59 Å². The molecular formula is C27H29ClF4N4O3. The van der Waals surface area contributed by atoms with Crippen LogP contribution in [0.5, 0.6) is 5.75 Å². The van der Waals surface area contributed by atoms with Gasteiger partial charge in [-0.2, -0.15) is 13.2 Å². The lowest BCUT2D eigenvalue weighted by Gasteiger charge is -2.38. The summed E-state index contributed by atoms with van der Waals surface area (Å²) in [5.41, 5.74) is -0.222.